The minimum Gasteiger partial charge on any atom is -0.294 e. The summed E-state index contributed by atoms with van der Waals surface area (Å²) in [7, 11) is 0. The summed E-state index contributed by atoms with van der Waals surface area (Å²) < 4.78 is 0. The topological polar surface area (TPSA) is 12.0 Å². The van der Waals surface area contributed by atoms with E-state index in [-0.39, 0.29) is 11.1 Å². The van der Waals surface area contributed by atoms with Gasteiger partial charge in [0.25, 0.3) is 0 Å². The summed E-state index contributed by atoms with van der Waals surface area (Å²) in [5, 5.41) is 4.06. The summed E-state index contributed by atoms with van der Waals surface area (Å²) in [4.78, 5) is 0. The van der Waals surface area contributed by atoms with Crippen LogP contribution in [0.2, 0.25) is 0 Å². The maximum atomic E-state index is 4.06. The zero-order valence-electron chi connectivity index (χ0n) is 14.5. The molecule has 3 aliphatic rings. The molecule has 118 valence electrons. The molecule has 2 bridgehead atoms. The minimum atomic E-state index is -0.0784. The summed E-state index contributed by atoms with van der Waals surface area (Å²) in [6.07, 6.45) is 2.57. The molecule has 1 heteroatoms. The van der Waals surface area contributed by atoms with Gasteiger partial charge in [-0.15, -0.1) is 0 Å². The average Bonchev–Trinajstić information content (AvgIpc) is 3.08. The third-order valence-electron chi connectivity index (χ3n) is 6.98. The van der Waals surface area contributed by atoms with Crippen LogP contribution in [0.5, 0.6) is 0 Å². The second kappa shape index (κ2) is 3.89. The molecule has 2 aliphatic heterocycles. The summed E-state index contributed by atoms with van der Waals surface area (Å²) in [6, 6.07) is 16.2. The van der Waals surface area contributed by atoms with Crippen LogP contribution in [0.4, 0.5) is 0 Å². The van der Waals surface area contributed by atoms with Gasteiger partial charge in [0.2, 0.25) is 0 Å². The Morgan fingerprint density at radius 3 is 2.35 bits per heavy atom. The standard InChI is InChI=1S/C22H25N/c1-14-9-10-18-19(11-14)20(2)12-15(20)13-21(3)16-7-5-6-8-17(16)22(18,4)23-21/h5-11,15,23H,12-13H2,1-4H3/t15-,20-,21+,22+/m1/s1. The van der Waals surface area contributed by atoms with Gasteiger partial charge in [-0.05, 0) is 67.2 Å². The Morgan fingerprint density at radius 2 is 1.57 bits per heavy atom. The van der Waals surface area contributed by atoms with Gasteiger partial charge in [-0.1, -0.05) is 55.0 Å². The fraction of sp³-hybridized carbons (Fsp3) is 0.455. The van der Waals surface area contributed by atoms with Gasteiger partial charge in [-0.3, -0.25) is 5.32 Å². The molecule has 0 spiro atoms. The van der Waals surface area contributed by atoms with Crippen molar-refractivity contribution in [2.75, 3.05) is 0 Å². The number of aryl methyl sites for hydroxylation is 1. The van der Waals surface area contributed by atoms with E-state index in [1.165, 1.54) is 35.1 Å². The molecule has 4 atom stereocenters. The summed E-state index contributed by atoms with van der Waals surface area (Å²) in [5.41, 5.74) is 7.81. The van der Waals surface area contributed by atoms with Crippen molar-refractivity contribution in [1.82, 2.24) is 5.32 Å². The van der Waals surface area contributed by atoms with Crippen LogP contribution < -0.4 is 5.32 Å². The molecule has 23 heavy (non-hydrogen) atoms. The Labute approximate surface area is 139 Å². The number of nitrogens with one attached hydrogen (secondary N) is 1. The first kappa shape index (κ1) is 13.8. The number of fused-ring (bicyclic) bond motifs is 9. The second-order valence-corrected chi connectivity index (χ2v) is 8.70. The van der Waals surface area contributed by atoms with Crippen molar-refractivity contribution in [3.8, 4) is 0 Å². The third-order valence-corrected chi connectivity index (χ3v) is 6.98. The Balaban J connectivity index is 1.87. The van der Waals surface area contributed by atoms with E-state index in [9.17, 15) is 0 Å². The predicted octanol–water partition coefficient (Wildman–Crippen LogP) is 4.76. The molecule has 2 aromatic carbocycles. The van der Waals surface area contributed by atoms with Crippen LogP contribution in [0.25, 0.3) is 0 Å². The van der Waals surface area contributed by atoms with Crippen molar-refractivity contribution in [1.29, 1.82) is 0 Å². The molecule has 1 fully saturated rings. The highest BCUT2D eigenvalue weighted by molar-refractivity contribution is 5.57. The average molecular weight is 303 g/mol. The molecule has 0 radical (unpaired) electrons. The lowest BCUT2D eigenvalue weighted by molar-refractivity contribution is 0.267. The van der Waals surface area contributed by atoms with Crippen LogP contribution in [-0.2, 0) is 16.5 Å². The highest BCUT2D eigenvalue weighted by Gasteiger charge is 2.60. The van der Waals surface area contributed by atoms with E-state index in [2.05, 4.69) is 75.5 Å². The van der Waals surface area contributed by atoms with E-state index in [1.807, 2.05) is 0 Å². The zero-order valence-corrected chi connectivity index (χ0v) is 14.5. The van der Waals surface area contributed by atoms with Crippen molar-refractivity contribution in [2.24, 2.45) is 5.92 Å². The van der Waals surface area contributed by atoms with Gasteiger partial charge in [-0.2, -0.15) is 0 Å². The fourth-order valence-corrected chi connectivity index (χ4v) is 5.60. The molecule has 2 heterocycles. The second-order valence-electron chi connectivity index (χ2n) is 8.70. The van der Waals surface area contributed by atoms with Crippen LogP contribution in [0, 0.1) is 12.8 Å². The fourth-order valence-electron chi connectivity index (χ4n) is 5.60. The first-order chi connectivity index (χ1) is 10.9. The van der Waals surface area contributed by atoms with Crippen LogP contribution in [0.15, 0.2) is 42.5 Å². The van der Waals surface area contributed by atoms with E-state index < -0.39 is 0 Å². The minimum absolute atomic E-state index is 0.0784. The smallest absolute Gasteiger partial charge is 0.0674 e. The molecule has 1 saturated carbocycles. The SMILES string of the molecule is Cc1ccc2c(c1)[C@]1(C)C[C@@H]1C[C@]1(C)N[C@@]2(C)c2ccccc21. The zero-order chi connectivity index (χ0) is 16.0. The summed E-state index contributed by atoms with van der Waals surface area (Å²) in [6.45, 7) is 9.51. The van der Waals surface area contributed by atoms with E-state index in [0.29, 0.717) is 5.41 Å². The molecule has 1 nitrogen and oxygen atoms in total. The molecule has 5 rings (SSSR count). The third kappa shape index (κ3) is 1.57. The molecule has 2 aromatic rings. The summed E-state index contributed by atoms with van der Waals surface area (Å²) >= 11 is 0. The monoisotopic (exact) mass is 303 g/mol. The van der Waals surface area contributed by atoms with Crippen molar-refractivity contribution in [2.45, 2.75) is 57.0 Å². The molecule has 0 unspecified atom stereocenters. The van der Waals surface area contributed by atoms with Gasteiger partial charge < -0.3 is 0 Å². The van der Waals surface area contributed by atoms with Crippen LogP contribution in [0.3, 0.4) is 0 Å². The molecule has 0 saturated heterocycles. The van der Waals surface area contributed by atoms with Crippen molar-refractivity contribution < 1.29 is 0 Å². The quantitative estimate of drug-likeness (QED) is 0.740. The maximum absolute atomic E-state index is 4.06. The van der Waals surface area contributed by atoms with Gasteiger partial charge in [0.15, 0.2) is 0 Å². The molecular formula is C22H25N. The van der Waals surface area contributed by atoms with Crippen LogP contribution >= 0.6 is 0 Å². The Hall–Kier alpha value is -1.60. The van der Waals surface area contributed by atoms with E-state index in [0.717, 1.165) is 5.92 Å². The number of hydrogen-bond acceptors (Lipinski definition) is 1. The van der Waals surface area contributed by atoms with Crippen molar-refractivity contribution >= 4 is 0 Å². The van der Waals surface area contributed by atoms with Crippen LogP contribution in [-0.4, -0.2) is 0 Å². The molecule has 0 aromatic heterocycles. The van der Waals surface area contributed by atoms with Gasteiger partial charge in [0, 0.05) is 5.54 Å². The van der Waals surface area contributed by atoms with E-state index >= 15 is 0 Å². The maximum Gasteiger partial charge on any atom is 0.0674 e. The highest BCUT2D eigenvalue weighted by Crippen LogP contribution is 2.64. The highest BCUT2D eigenvalue weighted by atomic mass is 15.1. The molecule has 1 aliphatic carbocycles. The number of hydrogen-bond donors (Lipinski definition) is 1. The first-order valence-electron chi connectivity index (χ1n) is 8.88. The Morgan fingerprint density at radius 1 is 0.870 bits per heavy atom. The normalized spacial score (nSPS) is 39.7. The Bertz CT molecular complexity index is 838. The first-order valence-corrected chi connectivity index (χ1v) is 8.88. The van der Waals surface area contributed by atoms with Crippen molar-refractivity contribution in [3.63, 3.8) is 0 Å². The van der Waals surface area contributed by atoms with Crippen LogP contribution in [0.1, 0.15) is 61.4 Å². The van der Waals surface area contributed by atoms with E-state index in [1.54, 1.807) is 5.56 Å². The van der Waals surface area contributed by atoms with E-state index in [4.69, 9.17) is 0 Å². The van der Waals surface area contributed by atoms with Crippen molar-refractivity contribution in [3.05, 3.63) is 70.3 Å². The van der Waals surface area contributed by atoms with Gasteiger partial charge in [0.1, 0.15) is 0 Å². The molecule has 0 amide bonds. The number of benzene rings is 2. The molecule has 1 N–H and O–H groups in total. The van der Waals surface area contributed by atoms with Gasteiger partial charge in [0.05, 0.1) is 5.54 Å². The Kier molecular flexibility index (Phi) is 2.34. The lowest BCUT2D eigenvalue weighted by Crippen LogP contribution is -2.47. The van der Waals surface area contributed by atoms with Gasteiger partial charge in [-0.25, -0.2) is 0 Å². The lowest BCUT2D eigenvalue weighted by Gasteiger charge is -2.38. The molecular weight excluding hydrogens is 278 g/mol. The largest absolute Gasteiger partial charge is 0.294 e. The predicted molar refractivity (Wildman–Crippen MR) is 94.6 cm³/mol. The van der Waals surface area contributed by atoms with Gasteiger partial charge >= 0.3 is 0 Å². The number of rotatable bonds is 0. The lowest BCUT2D eigenvalue weighted by atomic mass is 9.77. The summed E-state index contributed by atoms with van der Waals surface area (Å²) in [5.74, 6) is 0.788.